The highest BCUT2D eigenvalue weighted by Gasteiger charge is 2.46. The number of fused-ring (bicyclic) bond motifs is 1. The fourth-order valence-corrected chi connectivity index (χ4v) is 5.80. The Morgan fingerprint density at radius 3 is 2.41 bits per heavy atom. The van der Waals surface area contributed by atoms with Crippen molar-refractivity contribution in [2.45, 2.75) is 78.8 Å². The molecule has 2 unspecified atom stereocenters. The molecule has 4 rings (SSSR count). The van der Waals surface area contributed by atoms with Crippen LogP contribution in [0.5, 0.6) is 0 Å². The summed E-state index contributed by atoms with van der Waals surface area (Å²) in [6.45, 7) is 16.4. The Morgan fingerprint density at radius 2 is 1.69 bits per heavy atom. The second-order valence-electron chi connectivity index (χ2n) is 9.69. The van der Waals surface area contributed by atoms with E-state index in [9.17, 15) is 0 Å². The molecule has 0 aliphatic carbocycles. The highest BCUT2D eigenvalue weighted by atomic mass is 15.3. The lowest BCUT2D eigenvalue weighted by molar-refractivity contribution is 0.501. The topological polar surface area (TPSA) is 3.24 Å². The number of para-hydroxylation sites is 1. The molecule has 1 aliphatic heterocycles. The number of anilines is 1. The Kier molecular flexibility index (Phi) is 4.97. The fourth-order valence-electron chi connectivity index (χ4n) is 5.80. The van der Waals surface area contributed by atoms with Crippen molar-refractivity contribution in [3.05, 3.63) is 76.3 Å². The number of benzene rings is 3. The van der Waals surface area contributed by atoms with Gasteiger partial charge < -0.3 is 4.90 Å². The monoisotopic (exact) mass is 385 g/mol. The lowest BCUT2D eigenvalue weighted by Crippen LogP contribution is -2.43. The minimum atomic E-state index is 0.124. The minimum absolute atomic E-state index is 0.124. The molecular weight excluding hydrogens is 350 g/mol. The van der Waals surface area contributed by atoms with Crippen molar-refractivity contribution in [3.63, 3.8) is 0 Å². The fraction of sp³-hybridized carbons (Fsp3) is 0.429. The van der Waals surface area contributed by atoms with Crippen LogP contribution in [-0.2, 0) is 6.42 Å². The molecule has 29 heavy (non-hydrogen) atoms. The Balaban J connectivity index is 1.89. The van der Waals surface area contributed by atoms with Gasteiger partial charge in [-0.1, -0.05) is 61.0 Å². The lowest BCUT2D eigenvalue weighted by Gasteiger charge is -2.39. The van der Waals surface area contributed by atoms with E-state index in [4.69, 9.17) is 0 Å². The van der Waals surface area contributed by atoms with Crippen LogP contribution in [0, 0.1) is 20.8 Å². The molecule has 0 spiro atoms. The van der Waals surface area contributed by atoms with Crippen molar-refractivity contribution in [3.8, 4) is 0 Å². The Morgan fingerprint density at radius 1 is 0.966 bits per heavy atom. The van der Waals surface area contributed by atoms with Crippen LogP contribution in [0.3, 0.4) is 0 Å². The molecule has 1 aliphatic rings. The molecule has 1 heteroatoms. The highest BCUT2D eigenvalue weighted by molar-refractivity contribution is 5.88. The van der Waals surface area contributed by atoms with E-state index in [0.717, 1.165) is 6.42 Å². The van der Waals surface area contributed by atoms with Crippen LogP contribution < -0.4 is 4.90 Å². The summed E-state index contributed by atoms with van der Waals surface area (Å²) in [6, 6.07) is 18.8. The minimum Gasteiger partial charge on any atom is -0.363 e. The van der Waals surface area contributed by atoms with E-state index in [1.807, 2.05) is 0 Å². The SMILES string of the molecule is CCc1cccc(C)c1N1C(C)C(c2c(C)ccc3ccc(C)cc23)CC1(C)C. The van der Waals surface area contributed by atoms with Crippen molar-refractivity contribution in [1.29, 1.82) is 0 Å². The molecule has 152 valence electrons. The number of hydrogen-bond acceptors (Lipinski definition) is 1. The first-order valence-electron chi connectivity index (χ1n) is 11.1. The maximum absolute atomic E-state index is 2.74. The summed E-state index contributed by atoms with van der Waals surface area (Å²) in [4.78, 5) is 2.74. The first-order valence-corrected chi connectivity index (χ1v) is 11.1. The second kappa shape index (κ2) is 7.20. The number of aryl methyl sites for hydroxylation is 4. The summed E-state index contributed by atoms with van der Waals surface area (Å²) >= 11 is 0. The predicted molar refractivity (Wildman–Crippen MR) is 127 cm³/mol. The Labute approximate surface area is 176 Å². The molecule has 0 amide bonds. The second-order valence-corrected chi connectivity index (χ2v) is 9.69. The van der Waals surface area contributed by atoms with Crippen LogP contribution >= 0.6 is 0 Å². The number of hydrogen-bond donors (Lipinski definition) is 0. The maximum Gasteiger partial charge on any atom is 0.0435 e. The van der Waals surface area contributed by atoms with E-state index >= 15 is 0 Å². The van der Waals surface area contributed by atoms with Gasteiger partial charge >= 0.3 is 0 Å². The summed E-state index contributed by atoms with van der Waals surface area (Å²) in [5, 5.41) is 2.81. The van der Waals surface area contributed by atoms with E-state index in [1.165, 1.54) is 45.1 Å². The van der Waals surface area contributed by atoms with Crippen molar-refractivity contribution < 1.29 is 0 Å². The van der Waals surface area contributed by atoms with Gasteiger partial charge in [-0.25, -0.2) is 0 Å². The van der Waals surface area contributed by atoms with Crippen LogP contribution in [0.2, 0.25) is 0 Å². The molecule has 0 N–H and O–H groups in total. The van der Waals surface area contributed by atoms with Crippen LogP contribution in [0.1, 0.15) is 67.9 Å². The van der Waals surface area contributed by atoms with E-state index in [1.54, 1.807) is 5.56 Å². The van der Waals surface area contributed by atoms with Gasteiger partial charge in [0, 0.05) is 23.2 Å². The van der Waals surface area contributed by atoms with Gasteiger partial charge in [-0.3, -0.25) is 0 Å². The van der Waals surface area contributed by atoms with Gasteiger partial charge in [0.05, 0.1) is 0 Å². The molecule has 0 aromatic heterocycles. The zero-order chi connectivity index (χ0) is 20.9. The summed E-state index contributed by atoms with van der Waals surface area (Å²) in [5.41, 5.74) is 8.78. The third-order valence-corrected chi connectivity index (χ3v) is 7.11. The first-order chi connectivity index (χ1) is 13.7. The van der Waals surface area contributed by atoms with Crippen molar-refractivity contribution in [2.24, 2.45) is 0 Å². The van der Waals surface area contributed by atoms with E-state index in [-0.39, 0.29) is 5.54 Å². The molecular formula is C28H35N. The van der Waals surface area contributed by atoms with E-state index in [2.05, 4.69) is 102 Å². The summed E-state index contributed by atoms with van der Waals surface area (Å²) in [6.07, 6.45) is 2.26. The summed E-state index contributed by atoms with van der Waals surface area (Å²) < 4.78 is 0. The molecule has 0 saturated carbocycles. The Bertz CT molecular complexity index is 1050. The third-order valence-electron chi connectivity index (χ3n) is 7.11. The first kappa shape index (κ1) is 20.0. The van der Waals surface area contributed by atoms with Crippen LogP contribution in [0.15, 0.2) is 48.5 Å². The Hall–Kier alpha value is -2.28. The molecule has 0 radical (unpaired) electrons. The van der Waals surface area contributed by atoms with Crippen LogP contribution in [-0.4, -0.2) is 11.6 Å². The van der Waals surface area contributed by atoms with Crippen LogP contribution in [0.25, 0.3) is 10.8 Å². The standard InChI is InChI=1S/C28H35N/c1-8-22-11-9-10-20(4)27(22)29-21(5)25(17-28(29,6)7)26-19(3)13-15-23-14-12-18(2)16-24(23)26/h9-16,21,25H,8,17H2,1-7H3. The van der Waals surface area contributed by atoms with Crippen molar-refractivity contribution >= 4 is 16.5 Å². The summed E-state index contributed by atoms with van der Waals surface area (Å²) in [5.74, 6) is 0.528. The number of nitrogens with zero attached hydrogens (tertiary/aromatic N) is 1. The highest BCUT2D eigenvalue weighted by Crippen LogP contribution is 2.49. The number of rotatable bonds is 3. The van der Waals surface area contributed by atoms with Gasteiger partial charge in [-0.05, 0) is 87.4 Å². The molecule has 1 heterocycles. The molecule has 1 fully saturated rings. The summed E-state index contributed by atoms with van der Waals surface area (Å²) in [7, 11) is 0. The molecule has 3 aromatic carbocycles. The normalized spacial score (nSPS) is 21.1. The van der Waals surface area contributed by atoms with Gasteiger partial charge in [-0.15, -0.1) is 0 Å². The zero-order valence-corrected chi connectivity index (χ0v) is 19.1. The van der Waals surface area contributed by atoms with Gasteiger partial charge in [0.25, 0.3) is 0 Å². The quantitative estimate of drug-likeness (QED) is 0.451. The van der Waals surface area contributed by atoms with E-state index < -0.39 is 0 Å². The maximum atomic E-state index is 2.74. The predicted octanol–water partition coefficient (Wildman–Crippen LogP) is 7.49. The molecule has 1 nitrogen and oxygen atoms in total. The molecule has 3 aromatic rings. The molecule has 1 saturated heterocycles. The average Bonchev–Trinajstić information content (AvgIpc) is 2.90. The lowest BCUT2D eigenvalue weighted by atomic mass is 9.83. The smallest absolute Gasteiger partial charge is 0.0435 e. The van der Waals surface area contributed by atoms with Crippen LogP contribution in [0.4, 0.5) is 5.69 Å². The average molecular weight is 386 g/mol. The molecule has 0 bridgehead atoms. The van der Waals surface area contributed by atoms with Gasteiger partial charge in [0.1, 0.15) is 0 Å². The van der Waals surface area contributed by atoms with Gasteiger partial charge in [0.15, 0.2) is 0 Å². The molecule has 2 atom stereocenters. The third kappa shape index (κ3) is 3.25. The van der Waals surface area contributed by atoms with Crippen molar-refractivity contribution in [2.75, 3.05) is 4.90 Å². The van der Waals surface area contributed by atoms with Gasteiger partial charge in [-0.2, -0.15) is 0 Å². The van der Waals surface area contributed by atoms with Gasteiger partial charge in [0.2, 0.25) is 0 Å². The largest absolute Gasteiger partial charge is 0.363 e. The zero-order valence-electron chi connectivity index (χ0n) is 19.1. The van der Waals surface area contributed by atoms with E-state index in [0.29, 0.717) is 12.0 Å². The van der Waals surface area contributed by atoms with Crippen molar-refractivity contribution in [1.82, 2.24) is 0 Å².